The van der Waals surface area contributed by atoms with Crippen molar-refractivity contribution in [3.8, 4) is 5.75 Å². The third kappa shape index (κ3) is 6.09. The standard InChI is InChI=1S/C18H14N4O5S2/c23-15(12-4-2-1-3-5-12)11-28-18-21-20-17(29-18)19-16(24)10-27-14-8-6-13(7-9-14)22(25)26/h1-9H,10-11H2,(H,19,20,24). The zero-order valence-electron chi connectivity index (χ0n) is 14.8. The molecule has 0 radical (unpaired) electrons. The van der Waals surface area contributed by atoms with Gasteiger partial charge in [0, 0.05) is 17.7 Å². The Labute approximate surface area is 173 Å². The quantitative estimate of drug-likeness (QED) is 0.180. The zero-order valence-corrected chi connectivity index (χ0v) is 16.4. The number of ether oxygens (including phenoxy) is 1. The molecule has 148 valence electrons. The van der Waals surface area contributed by atoms with Crippen LogP contribution in [-0.2, 0) is 4.79 Å². The molecule has 0 atom stereocenters. The fourth-order valence-corrected chi connectivity index (χ4v) is 3.78. The first-order chi connectivity index (χ1) is 14.0. The van der Waals surface area contributed by atoms with Gasteiger partial charge >= 0.3 is 0 Å². The van der Waals surface area contributed by atoms with Gasteiger partial charge in [-0.3, -0.25) is 25.0 Å². The molecule has 0 aliphatic carbocycles. The third-order valence-electron chi connectivity index (χ3n) is 3.49. The van der Waals surface area contributed by atoms with Crippen molar-refractivity contribution in [1.82, 2.24) is 10.2 Å². The van der Waals surface area contributed by atoms with Crippen LogP contribution in [0.1, 0.15) is 10.4 Å². The molecule has 1 aromatic heterocycles. The molecule has 0 unspecified atom stereocenters. The van der Waals surface area contributed by atoms with E-state index in [0.717, 1.165) is 11.3 Å². The summed E-state index contributed by atoms with van der Waals surface area (Å²) in [4.78, 5) is 34.1. The largest absolute Gasteiger partial charge is 0.484 e. The van der Waals surface area contributed by atoms with E-state index in [0.29, 0.717) is 15.7 Å². The van der Waals surface area contributed by atoms with Gasteiger partial charge in [-0.15, -0.1) is 10.2 Å². The van der Waals surface area contributed by atoms with E-state index in [2.05, 4.69) is 15.5 Å². The SMILES string of the molecule is O=C(COc1ccc([N+](=O)[O-])cc1)Nc1nnc(SCC(=O)c2ccccc2)s1. The molecule has 3 rings (SSSR count). The summed E-state index contributed by atoms with van der Waals surface area (Å²) in [5.41, 5.74) is 0.563. The first kappa shape index (κ1) is 20.4. The molecule has 0 bridgehead atoms. The molecule has 0 aliphatic heterocycles. The number of non-ortho nitro benzene ring substituents is 1. The summed E-state index contributed by atoms with van der Waals surface area (Å²) < 4.78 is 5.84. The highest BCUT2D eigenvalue weighted by Crippen LogP contribution is 2.26. The number of ketones is 1. The Kier molecular flexibility index (Phi) is 6.87. The summed E-state index contributed by atoms with van der Waals surface area (Å²) in [5, 5.41) is 21.3. The van der Waals surface area contributed by atoms with Gasteiger partial charge in [0.2, 0.25) is 5.13 Å². The number of hydrogen-bond acceptors (Lipinski definition) is 9. The van der Waals surface area contributed by atoms with Crippen molar-refractivity contribution >= 4 is 45.6 Å². The van der Waals surface area contributed by atoms with Crippen molar-refractivity contribution in [3.63, 3.8) is 0 Å². The Morgan fingerprint density at radius 2 is 1.83 bits per heavy atom. The number of hydrogen-bond donors (Lipinski definition) is 1. The van der Waals surface area contributed by atoms with Gasteiger partial charge in [-0.25, -0.2) is 0 Å². The fraction of sp³-hybridized carbons (Fsp3) is 0.111. The van der Waals surface area contributed by atoms with E-state index in [1.54, 1.807) is 24.3 Å². The molecule has 11 heteroatoms. The molecule has 2 aromatic carbocycles. The van der Waals surface area contributed by atoms with Crippen LogP contribution < -0.4 is 10.1 Å². The lowest BCUT2D eigenvalue weighted by Crippen LogP contribution is -2.20. The van der Waals surface area contributed by atoms with Crippen LogP contribution in [0.5, 0.6) is 5.75 Å². The molecule has 9 nitrogen and oxygen atoms in total. The van der Waals surface area contributed by atoms with Gasteiger partial charge in [0.1, 0.15) is 5.75 Å². The Balaban J connectivity index is 1.45. The first-order valence-corrected chi connectivity index (χ1v) is 10.0. The second-order valence-electron chi connectivity index (χ2n) is 5.54. The number of benzene rings is 2. The summed E-state index contributed by atoms with van der Waals surface area (Å²) in [6.07, 6.45) is 0. The zero-order chi connectivity index (χ0) is 20.6. The van der Waals surface area contributed by atoms with Crippen LogP contribution >= 0.6 is 23.1 Å². The van der Waals surface area contributed by atoms with E-state index < -0.39 is 10.8 Å². The topological polar surface area (TPSA) is 124 Å². The molecule has 0 spiro atoms. The molecule has 0 saturated heterocycles. The minimum absolute atomic E-state index is 0.0205. The van der Waals surface area contributed by atoms with Crippen LogP contribution in [-0.4, -0.2) is 39.2 Å². The van der Waals surface area contributed by atoms with Crippen molar-refractivity contribution in [2.24, 2.45) is 0 Å². The number of rotatable bonds is 9. The highest BCUT2D eigenvalue weighted by atomic mass is 32.2. The Morgan fingerprint density at radius 3 is 2.52 bits per heavy atom. The molecule has 1 amide bonds. The van der Waals surface area contributed by atoms with Gasteiger partial charge in [0.25, 0.3) is 11.6 Å². The van der Waals surface area contributed by atoms with Crippen LogP contribution in [0.3, 0.4) is 0 Å². The van der Waals surface area contributed by atoms with Gasteiger partial charge in [0.15, 0.2) is 16.7 Å². The number of nitrogens with zero attached hydrogens (tertiary/aromatic N) is 3. The van der Waals surface area contributed by atoms with Gasteiger partial charge in [-0.1, -0.05) is 53.4 Å². The Morgan fingerprint density at radius 1 is 1.10 bits per heavy atom. The van der Waals surface area contributed by atoms with Crippen molar-refractivity contribution in [3.05, 3.63) is 70.3 Å². The predicted octanol–water partition coefficient (Wildman–Crippen LogP) is 3.44. The highest BCUT2D eigenvalue weighted by molar-refractivity contribution is 8.01. The maximum absolute atomic E-state index is 12.1. The number of carbonyl (C=O) groups excluding carboxylic acids is 2. The normalized spacial score (nSPS) is 10.3. The monoisotopic (exact) mass is 430 g/mol. The fourth-order valence-electron chi connectivity index (χ4n) is 2.12. The van der Waals surface area contributed by atoms with E-state index in [1.807, 2.05) is 6.07 Å². The number of carbonyl (C=O) groups is 2. The number of nitrogens with one attached hydrogen (secondary N) is 1. The van der Waals surface area contributed by atoms with E-state index in [-0.39, 0.29) is 29.0 Å². The van der Waals surface area contributed by atoms with Crippen LogP contribution in [0.2, 0.25) is 0 Å². The van der Waals surface area contributed by atoms with E-state index in [4.69, 9.17) is 4.74 Å². The molecule has 0 saturated carbocycles. The summed E-state index contributed by atoms with van der Waals surface area (Å²) in [6, 6.07) is 14.3. The van der Waals surface area contributed by atoms with Crippen molar-refractivity contribution in [2.45, 2.75) is 4.34 Å². The molecule has 0 fully saturated rings. The average molecular weight is 430 g/mol. The number of Topliss-reactive ketones (excluding diaryl/α,β-unsaturated/α-hetero) is 1. The predicted molar refractivity (Wildman–Crippen MR) is 109 cm³/mol. The second kappa shape index (κ2) is 9.75. The number of thioether (sulfide) groups is 1. The Bertz CT molecular complexity index is 1010. The number of nitro groups is 1. The molecule has 3 aromatic rings. The molecule has 1 N–H and O–H groups in total. The van der Waals surface area contributed by atoms with Crippen molar-refractivity contribution in [2.75, 3.05) is 17.7 Å². The lowest BCUT2D eigenvalue weighted by atomic mass is 10.2. The minimum Gasteiger partial charge on any atom is -0.484 e. The number of anilines is 1. The number of amides is 1. The average Bonchev–Trinajstić information content (AvgIpc) is 3.18. The van der Waals surface area contributed by atoms with E-state index >= 15 is 0 Å². The molecule has 1 heterocycles. The van der Waals surface area contributed by atoms with E-state index in [9.17, 15) is 19.7 Å². The molecule has 29 heavy (non-hydrogen) atoms. The van der Waals surface area contributed by atoms with Gasteiger partial charge in [0.05, 0.1) is 10.7 Å². The van der Waals surface area contributed by atoms with Crippen LogP contribution in [0.4, 0.5) is 10.8 Å². The summed E-state index contributed by atoms with van der Waals surface area (Å²) >= 11 is 2.39. The number of aromatic nitrogens is 2. The minimum atomic E-state index is -0.519. The molecular weight excluding hydrogens is 416 g/mol. The van der Waals surface area contributed by atoms with Crippen LogP contribution in [0.25, 0.3) is 0 Å². The van der Waals surface area contributed by atoms with E-state index in [1.165, 1.54) is 36.0 Å². The van der Waals surface area contributed by atoms with Crippen LogP contribution in [0.15, 0.2) is 58.9 Å². The van der Waals surface area contributed by atoms with Crippen molar-refractivity contribution in [1.29, 1.82) is 0 Å². The maximum atomic E-state index is 12.1. The van der Waals surface area contributed by atoms with Crippen molar-refractivity contribution < 1.29 is 19.2 Å². The third-order valence-corrected chi connectivity index (χ3v) is 5.46. The highest BCUT2D eigenvalue weighted by Gasteiger charge is 2.12. The van der Waals surface area contributed by atoms with Gasteiger partial charge < -0.3 is 4.74 Å². The summed E-state index contributed by atoms with van der Waals surface area (Å²) in [7, 11) is 0. The molecular formula is C18H14N4O5S2. The summed E-state index contributed by atoms with van der Waals surface area (Å²) in [5.74, 6) is 0.0820. The lowest BCUT2D eigenvalue weighted by Gasteiger charge is -2.05. The summed E-state index contributed by atoms with van der Waals surface area (Å²) in [6.45, 7) is -0.285. The lowest BCUT2D eigenvalue weighted by molar-refractivity contribution is -0.384. The van der Waals surface area contributed by atoms with Crippen LogP contribution in [0, 0.1) is 10.1 Å². The second-order valence-corrected chi connectivity index (χ2v) is 7.74. The Hall–Kier alpha value is -3.31. The smallest absolute Gasteiger partial charge is 0.269 e. The maximum Gasteiger partial charge on any atom is 0.269 e. The van der Waals surface area contributed by atoms with Gasteiger partial charge in [-0.05, 0) is 12.1 Å². The molecule has 0 aliphatic rings. The first-order valence-electron chi connectivity index (χ1n) is 8.23. The number of nitro benzene ring substituents is 1. The van der Waals surface area contributed by atoms with Gasteiger partial charge in [-0.2, -0.15) is 0 Å².